The highest BCUT2D eigenvalue weighted by molar-refractivity contribution is 6.42. The number of nitrogens with zero attached hydrogens (tertiary/aromatic N) is 2. The second kappa shape index (κ2) is 7.98. The van der Waals surface area contributed by atoms with E-state index in [4.69, 9.17) is 27.9 Å². The van der Waals surface area contributed by atoms with Gasteiger partial charge in [-0.15, -0.1) is 0 Å². The number of carbonyl (C=O) groups is 2. The molecule has 0 aromatic heterocycles. The van der Waals surface area contributed by atoms with Crippen LogP contribution in [0.2, 0.25) is 10.0 Å². The van der Waals surface area contributed by atoms with Gasteiger partial charge in [-0.2, -0.15) is 0 Å². The maximum absolute atomic E-state index is 12.6. The summed E-state index contributed by atoms with van der Waals surface area (Å²) in [5, 5.41) is 0.768. The van der Waals surface area contributed by atoms with Crippen LogP contribution >= 0.6 is 23.2 Å². The summed E-state index contributed by atoms with van der Waals surface area (Å²) in [7, 11) is 1.58. The summed E-state index contributed by atoms with van der Waals surface area (Å²) in [5.74, 6) is 0.549. The quantitative estimate of drug-likeness (QED) is 0.801. The van der Waals surface area contributed by atoms with Crippen LogP contribution in [0.4, 0.5) is 0 Å². The third kappa shape index (κ3) is 3.94. The van der Waals surface area contributed by atoms with Gasteiger partial charge < -0.3 is 14.5 Å². The summed E-state index contributed by atoms with van der Waals surface area (Å²) >= 11 is 11.9. The SMILES string of the molecule is COc1ccc(C(=O)N2CCN(C(=O)c3ccc(Cl)c(Cl)c3)CC2)cc1. The smallest absolute Gasteiger partial charge is 0.254 e. The molecular formula is C19H18Cl2N2O3. The van der Waals surface area contributed by atoms with Gasteiger partial charge in [-0.1, -0.05) is 23.2 Å². The lowest BCUT2D eigenvalue weighted by molar-refractivity contribution is 0.0535. The van der Waals surface area contributed by atoms with E-state index in [0.717, 1.165) is 0 Å². The molecule has 136 valence electrons. The number of piperazine rings is 1. The van der Waals surface area contributed by atoms with Gasteiger partial charge >= 0.3 is 0 Å². The molecular weight excluding hydrogens is 375 g/mol. The number of amides is 2. The van der Waals surface area contributed by atoms with Crippen molar-refractivity contribution in [2.24, 2.45) is 0 Å². The lowest BCUT2D eigenvalue weighted by Gasteiger charge is -2.35. The Morgan fingerprint density at radius 2 is 1.31 bits per heavy atom. The third-order valence-electron chi connectivity index (χ3n) is 4.36. The zero-order valence-electron chi connectivity index (χ0n) is 14.2. The first-order chi connectivity index (χ1) is 12.5. The van der Waals surface area contributed by atoms with Gasteiger partial charge in [-0.25, -0.2) is 0 Å². The number of benzene rings is 2. The summed E-state index contributed by atoms with van der Waals surface area (Å²) in [6.07, 6.45) is 0. The van der Waals surface area contributed by atoms with Gasteiger partial charge in [0.05, 0.1) is 17.2 Å². The molecule has 1 saturated heterocycles. The number of carbonyl (C=O) groups excluding carboxylic acids is 2. The van der Waals surface area contributed by atoms with Crippen LogP contribution in [0.15, 0.2) is 42.5 Å². The molecule has 0 unspecified atom stereocenters. The molecule has 7 heteroatoms. The molecule has 3 rings (SSSR count). The average Bonchev–Trinajstić information content (AvgIpc) is 2.69. The number of halogens is 2. The van der Waals surface area contributed by atoms with Gasteiger partial charge in [0, 0.05) is 37.3 Å². The number of ether oxygens (including phenoxy) is 1. The van der Waals surface area contributed by atoms with Crippen LogP contribution in [0.3, 0.4) is 0 Å². The molecule has 0 atom stereocenters. The van der Waals surface area contributed by atoms with E-state index in [-0.39, 0.29) is 11.8 Å². The first kappa shape index (κ1) is 18.5. The fourth-order valence-corrected chi connectivity index (χ4v) is 3.14. The first-order valence-electron chi connectivity index (χ1n) is 8.17. The molecule has 0 spiro atoms. The molecule has 2 aromatic rings. The van der Waals surface area contributed by atoms with Gasteiger partial charge in [-0.05, 0) is 42.5 Å². The maximum Gasteiger partial charge on any atom is 0.254 e. The molecule has 0 N–H and O–H groups in total. The Balaban J connectivity index is 1.61. The molecule has 0 aliphatic carbocycles. The number of hydrogen-bond donors (Lipinski definition) is 0. The van der Waals surface area contributed by atoms with Gasteiger partial charge in [0.1, 0.15) is 5.75 Å². The normalized spacial score (nSPS) is 14.3. The predicted octanol–water partition coefficient (Wildman–Crippen LogP) is 3.60. The van der Waals surface area contributed by atoms with Gasteiger partial charge in [0.25, 0.3) is 11.8 Å². The van der Waals surface area contributed by atoms with Crippen LogP contribution in [0.25, 0.3) is 0 Å². The molecule has 1 fully saturated rings. The van der Waals surface area contributed by atoms with Crippen LogP contribution in [-0.4, -0.2) is 54.9 Å². The fourth-order valence-electron chi connectivity index (χ4n) is 2.84. The zero-order valence-corrected chi connectivity index (χ0v) is 15.8. The topological polar surface area (TPSA) is 49.9 Å². The van der Waals surface area contributed by atoms with Gasteiger partial charge in [0.2, 0.25) is 0 Å². The van der Waals surface area contributed by atoms with Crippen molar-refractivity contribution in [1.82, 2.24) is 9.80 Å². The molecule has 5 nitrogen and oxygen atoms in total. The molecule has 0 bridgehead atoms. The second-order valence-corrected chi connectivity index (χ2v) is 6.76. The fraction of sp³-hybridized carbons (Fsp3) is 0.263. The first-order valence-corrected chi connectivity index (χ1v) is 8.93. The Morgan fingerprint density at radius 3 is 1.81 bits per heavy atom. The summed E-state index contributed by atoms with van der Waals surface area (Å²) in [6.45, 7) is 1.91. The second-order valence-electron chi connectivity index (χ2n) is 5.94. The van der Waals surface area contributed by atoms with E-state index in [9.17, 15) is 9.59 Å². The van der Waals surface area contributed by atoms with Crippen molar-refractivity contribution in [2.45, 2.75) is 0 Å². The summed E-state index contributed by atoms with van der Waals surface area (Å²) < 4.78 is 5.11. The third-order valence-corrected chi connectivity index (χ3v) is 5.10. The number of methoxy groups -OCH3 is 1. The Morgan fingerprint density at radius 1 is 0.808 bits per heavy atom. The Bertz CT molecular complexity index is 816. The highest BCUT2D eigenvalue weighted by Gasteiger charge is 2.25. The highest BCUT2D eigenvalue weighted by Crippen LogP contribution is 2.23. The minimum Gasteiger partial charge on any atom is -0.497 e. The molecule has 2 aromatic carbocycles. The van der Waals surface area contributed by atoms with Crippen LogP contribution in [0.5, 0.6) is 5.75 Å². The lowest BCUT2D eigenvalue weighted by Crippen LogP contribution is -2.50. The minimum absolute atomic E-state index is 0.0470. The van der Waals surface area contributed by atoms with Crippen molar-refractivity contribution >= 4 is 35.0 Å². The van der Waals surface area contributed by atoms with E-state index in [1.54, 1.807) is 59.4 Å². The van der Waals surface area contributed by atoms with E-state index in [2.05, 4.69) is 0 Å². The van der Waals surface area contributed by atoms with Crippen molar-refractivity contribution in [3.05, 3.63) is 63.6 Å². The van der Waals surface area contributed by atoms with Crippen molar-refractivity contribution in [1.29, 1.82) is 0 Å². The highest BCUT2D eigenvalue weighted by atomic mass is 35.5. The van der Waals surface area contributed by atoms with Crippen molar-refractivity contribution in [3.63, 3.8) is 0 Å². The molecule has 1 heterocycles. The van der Waals surface area contributed by atoms with Crippen LogP contribution < -0.4 is 4.74 Å². The van der Waals surface area contributed by atoms with E-state index < -0.39 is 0 Å². The van der Waals surface area contributed by atoms with E-state index in [1.165, 1.54) is 0 Å². The average molecular weight is 393 g/mol. The van der Waals surface area contributed by atoms with Crippen molar-refractivity contribution in [2.75, 3.05) is 33.3 Å². The summed E-state index contributed by atoms with van der Waals surface area (Å²) in [5.41, 5.74) is 1.10. The zero-order chi connectivity index (χ0) is 18.7. The van der Waals surface area contributed by atoms with Crippen LogP contribution in [0, 0.1) is 0 Å². The summed E-state index contributed by atoms with van der Waals surface area (Å²) in [6, 6.07) is 11.9. The molecule has 1 aliphatic rings. The minimum atomic E-state index is -0.111. The molecule has 26 heavy (non-hydrogen) atoms. The predicted molar refractivity (Wildman–Crippen MR) is 101 cm³/mol. The van der Waals surface area contributed by atoms with Crippen molar-refractivity contribution < 1.29 is 14.3 Å². The molecule has 1 aliphatic heterocycles. The standard InChI is InChI=1S/C19H18Cl2N2O3/c1-26-15-5-2-13(3-6-15)18(24)22-8-10-23(11-9-22)19(25)14-4-7-16(20)17(21)12-14/h2-7,12H,8-11H2,1H3. The Hall–Kier alpha value is -2.24. The van der Waals surface area contributed by atoms with E-state index in [1.807, 2.05) is 0 Å². The van der Waals surface area contributed by atoms with Gasteiger partial charge in [-0.3, -0.25) is 9.59 Å². The Kier molecular flexibility index (Phi) is 5.69. The van der Waals surface area contributed by atoms with E-state index >= 15 is 0 Å². The monoisotopic (exact) mass is 392 g/mol. The van der Waals surface area contributed by atoms with Gasteiger partial charge in [0.15, 0.2) is 0 Å². The van der Waals surface area contributed by atoms with Crippen LogP contribution in [0.1, 0.15) is 20.7 Å². The van der Waals surface area contributed by atoms with Crippen molar-refractivity contribution in [3.8, 4) is 5.75 Å². The number of rotatable bonds is 3. The van der Waals surface area contributed by atoms with Crippen LogP contribution in [-0.2, 0) is 0 Å². The molecule has 0 saturated carbocycles. The molecule has 2 amide bonds. The summed E-state index contributed by atoms with van der Waals surface area (Å²) in [4.78, 5) is 28.6. The van der Waals surface area contributed by atoms with E-state index in [0.29, 0.717) is 53.1 Å². The lowest BCUT2D eigenvalue weighted by atomic mass is 10.1. The molecule has 0 radical (unpaired) electrons. The number of hydrogen-bond acceptors (Lipinski definition) is 3. The maximum atomic E-state index is 12.6. The Labute approximate surface area is 162 Å². The largest absolute Gasteiger partial charge is 0.497 e.